The highest BCUT2D eigenvalue weighted by atomic mass is 19.1. The largest absolute Gasteiger partial charge is 0.496 e. The quantitative estimate of drug-likeness (QED) is 0.305. The van der Waals surface area contributed by atoms with E-state index >= 15 is 0 Å². The maximum absolute atomic E-state index is 14.1. The summed E-state index contributed by atoms with van der Waals surface area (Å²) in [5, 5.41) is 11.8. The molecule has 0 spiro atoms. The number of carbonyl (C=O) groups excluding carboxylic acids is 1. The molecule has 210 valence electrons. The topological polar surface area (TPSA) is 104 Å². The molecule has 1 aromatic carbocycles. The minimum atomic E-state index is -0.599. The van der Waals surface area contributed by atoms with Crippen LogP contribution in [-0.2, 0) is 27.3 Å². The molecule has 1 aromatic heterocycles. The van der Waals surface area contributed by atoms with Crippen LogP contribution in [0.4, 0.5) is 4.39 Å². The Bertz CT molecular complexity index is 1180. The molecule has 1 amide bonds. The van der Waals surface area contributed by atoms with Gasteiger partial charge in [0.25, 0.3) is 5.56 Å². The number of methoxy groups -OCH3 is 2. The summed E-state index contributed by atoms with van der Waals surface area (Å²) in [6.07, 6.45) is -0.534. The predicted molar refractivity (Wildman–Crippen MR) is 145 cm³/mol. The molecule has 2 aromatic rings. The van der Waals surface area contributed by atoms with Gasteiger partial charge in [-0.05, 0) is 51.0 Å². The van der Waals surface area contributed by atoms with Crippen molar-refractivity contribution >= 4 is 11.6 Å². The molecular formula is C28H41FN4O5. The van der Waals surface area contributed by atoms with Crippen molar-refractivity contribution in [2.45, 2.75) is 79.7 Å². The third kappa shape index (κ3) is 8.37. The zero-order valence-corrected chi connectivity index (χ0v) is 23.9. The zero-order chi connectivity index (χ0) is 28.6. The van der Waals surface area contributed by atoms with E-state index in [1.54, 1.807) is 19.1 Å². The van der Waals surface area contributed by atoms with E-state index in [9.17, 15) is 14.0 Å². The molecule has 0 saturated heterocycles. The minimum absolute atomic E-state index is 0.0424. The predicted octanol–water partition coefficient (Wildman–Crippen LogP) is 4.27. The van der Waals surface area contributed by atoms with Gasteiger partial charge in [0, 0.05) is 25.0 Å². The zero-order valence-electron chi connectivity index (χ0n) is 23.9. The summed E-state index contributed by atoms with van der Waals surface area (Å²) in [7, 11) is 3.03. The Hall–Kier alpha value is -3.27. The van der Waals surface area contributed by atoms with Crippen molar-refractivity contribution in [3.8, 4) is 5.75 Å². The molecule has 2 rings (SSSR count). The van der Waals surface area contributed by atoms with Crippen LogP contribution in [0.2, 0.25) is 0 Å². The van der Waals surface area contributed by atoms with Crippen LogP contribution in [0.15, 0.2) is 34.2 Å². The fraction of sp³-hybridized carbons (Fsp3) is 0.571. The van der Waals surface area contributed by atoms with Crippen LogP contribution in [0.1, 0.15) is 71.4 Å². The van der Waals surface area contributed by atoms with Crippen molar-refractivity contribution < 1.29 is 23.5 Å². The summed E-state index contributed by atoms with van der Waals surface area (Å²) in [6, 6.07) is 5.54. The molecule has 38 heavy (non-hydrogen) atoms. The maximum atomic E-state index is 14.1. The second-order valence-corrected chi connectivity index (χ2v) is 10.2. The average molecular weight is 533 g/mol. The van der Waals surface area contributed by atoms with Gasteiger partial charge in [-0.3, -0.25) is 9.59 Å². The summed E-state index contributed by atoms with van der Waals surface area (Å²) in [5.74, 6) is -0.203. The van der Waals surface area contributed by atoms with Crippen molar-refractivity contribution in [2.75, 3.05) is 14.2 Å². The van der Waals surface area contributed by atoms with Gasteiger partial charge in [-0.2, -0.15) is 5.10 Å². The molecular weight excluding hydrogens is 491 g/mol. The Morgan fingerprint density at radius 1 is 1.13 bits per heavy atom. The highest BCUT2D eigenvalue weighted by Crippen LogP contribution is 2.30. The Balaban J connectivity index is 2.59. The number of oxime groups is 1. The van der Waals surface area contributed by atoms with Crippen LogP contribution >= 0.6 is 0 Å². The standard InChI is InChI=1S/C28H41FN4O5/c1-16(2)24(30-27(34)17(3)4)15-33-28(35)22(19(7)32-38-18(5)6)13-21(31-33)14-26(37-9)23-12-20(29)10-11-25(23)36-8/h10-13,16-18,24,26H,14-15H2,1-9H3,(H,30,34)/b32-19+/t24-,26?/m1/s1. The number of hydrogen-bond acceptors (Lipinski definition) is 7. The van der Waals surface area contributed by atoms with Gasteiger partial charge >= 0.3 is 0 Å². The van der Waals surface area contributed by atoms with Crippen LogP contribution in [0.25, 0.3) is 0 Å². The van der Waals surface area contributed by atoms with Gasteiger partial charge in [-0.1, -0.05) is 32.9 Å². The SMILES string of the molecule is COc1ccc(F)cc1C(Cc1cc(/C(C)=N/OC(C)C)c(=O)n(C[C@@H](NC(=O)C(C)C)C(C)C)n1)OC. The molecule has 10 heteroatoms. The number of amides is 1. The van der Waals surface area contributed by atoms with Gasteiger partial charge in [0.1, 0.15) is 17.7 Å². The first kappa shape index (κ1) is 31.0. The average Bonchev–Trinajstić information content (AvgIpc) is 2.86. The molecule has 1 N–H and O–H groups in total. The normalized spacial score (nSPS) is 13.7. The molecule has 2 atom stereocenters. The lowest BCUT2D eigenvalue weighted by Crippen LogP contribution is -2.46. The lowest BCUT2D eigenvalue weighted by Gasteiger charge is -2.25. The summed E-state index contributed by atoms with van der Waals surface area (Å²) in [6.45, 7) is 13.1. The number of benzene rings is 1. The van der Waals surface area contributed by atoms with Crippen LogP contribution in [-0.4, -0.2) is 47.8 Å². The van der Waals surface area contributed by atoms with E-state index in [0.29, 0.717) is 28.3 Å². The Morgan fingerprint density at radius 3 is 2.37 bits per heavy atom. The van der Waals surface area contributed by atoms with Crippen LogP contribution in [0.3, 0.4) is 0 Å². The molecule has 0 fully saturated rings. The van der Waals surface area contributed by atoms with E-state index < -0.39 is 11.9 Å². The molecule has 1 heterocycles. The summed E-state index contributed by atoms with van der Waals surface area (Å²) in [4.78, 5) is 31.3. The van der Waals surface area contributed by atoms with Crippen LogP contribution < -0.4 is 15.6 Å². The summed E-state index contributed by atoms with van der Waals surface area (Å²) in [5.41, 5.74) is 1.40. The smallest absolute Gasteiger partial charge is 0.276 e. The lowest BCUT2D eigenvalue weighted by atomic mass is 10.0. The first-order chi connectivity index (χ1) is 17.9. The van der Waals surface area contributed by atoms with Gasteiger partial charge in [0.05, 0.1) is 42.8 Å². The highest BCUT2D eigenvalue weighted by Gasteiger charge is 2.23. The fourth-order valence-electron chi connectivity index (χ4n) is 3.74. The van der Waals surface area contributed by atoms with Gasteiger partial charge < -0.3 is 19.6 Å². The van der Waals surface area contributed by atoms with Gasteiger partial charge in [0.15, 0.2) is 0 Å². The molecule has 0 aliphatic carbocycles. The molecule has 0 aliphatic rings. The monoisotopic (exact) mass is 532 g/mol. The number of halogens is 1. The number of carbonyl (C=O) groups is 1. The first-order valence-electron chi connectivity index (χ1n) is 12.9. The number of rotatable bonds is 13. The van der Waals surface area contributed by atoms with Crippen LogP contribution in [0.5, 0.6) is 5.75 Å². The Morgan fingerprint density at radius 2 is 1.82 bits per heavy atom. The third-order valence-corrected chi connectivity index (χ3v) is 6.06. The Kier molecular flexibility index (Phi) is 11.4. The molecule has 0 bridgehead atoms. The van der Waals surface area contributed by atoms with Gasteiger partial charge in [-0.15, -0.1) is 0 Å². The number of ether oxygens (including phenoxy) is 2. The van der Waals surface area contributed by atoms with Crippen molar-refractivity contribution in [2.24, 2.45) is 17.0 Å². The molecule has 1 unspecified atom stereocenters. The molecule has 0 radical (unpaired) electrons. The van der Waals surface area contributed by atoms with Crippen LogP contribution in [0, 0.1) is 17.7 Å². The van der Waals surface area contributed by atoms with E-state index in [1.165, 1.54) is 31.0 Å². The first-order valence-corrected chi connectivity index (χ1v) is 12.9. The number of nitrogens with zero attached hydrogens (tertiary/aromatic N) is 3. The number of hydrogen-bond donors (Lipinski definition) is 1. The van der Waals surface area contributed by atoms with Crippen molar-refractivity contribution in [1.82, 2.24) is 15.1 Å². The van der Waals surface area contributed by atoms with E-state index in [2.05, 4.69) is 15.6 Å². The van der Waals surface area contributed by atoms with Crippen molar-refractivity contribution in [3.63, 3.8) is 0 Å². The number of nitrogens with one attached hydrogen (secondary N) is 1. The second kappa shape index (κ2) is 14.0. The molecule has 9 nitrogen and oxygen atoms in total. The Labute approximate surface area is 224 Å². The minimum Gasteiger partial charge on any atom is -0.496 e. The van der Waals surface area contributed by atoms with Gasteiger partial charge in [-0.25, -0.2) is 9.07 Å². The lowest BCUT2D eigenvalue weighted by molar-refractivity contribution is -0.125. The van der Waals surface area contributed by atoms with E-state index in [-0.39, 0.29) is 48.4 Å². The van der Waals surface area contributed by atoms with E-state index in [0.717, 1.165) is 0 Å². The van der Waals surface area contributed by atoms with Crippen molar-refractivity contribution in [3.05, 3.63) is 57.3 Å². The van der Waals surface area contributed by atoms with Gasteiger partial charge in [0.2, 0.25) is 5.91 Å². The molecule has 0 saturated carbocycles. The summed E-state index contributed by atoms with van der Waals surface area (Å²) >= 11 is 0. The second-order valence-electron chi connectivity index (χ2n) is 10.2. The fourth-order valence-corrected chi connectivity index (χ4v) is 3.74. The van der Waals surface area contributed by atoms with Crippen molar-refractivity contribution in [1.29, 1.82) is 0 Å². The molecule has 0 aliphatic heterocycles. The van der Waals surface area contributed by atoms with E-state index in [4.69, 9.17) is 14.3 Å². The highest BCUT2D eigenvalue weighted by molar-refractivity contribution is 5.98. The third-order valence-electron chi connectivity index (χ3n) is 6.06. The van der Waals surface area contributed by atoms with E-state index in [1.807, 2.05) is 41.5 Å². The maximum Gasteiger partial charge on any atom is 0.276 e. The summed E-state index contributed by atoms with van der Waals surface area (Å²) < 4.78 is 26.6. The number of aromatic nitrogens is 2.